The molecule has 0 saturated heterocycles. The van der Waals surface area contributed by atoms with Crippen LogP contribution in [0.25, 0.3) is 0 Å². The monoisotopic (exact) mass is 331 g/mol. The van der Waals surface area contributed by atoms with E-state index in [0.717, 1.165) is 12.1 Å². The second-order valence-electron chi connectivity index (χ2n) is 4.78. The van der Waals surface area contributed by atoms with Crippen LogP contribution in [0.2, 0.25) is 0 Å². The summed E-state index contributed by atoms with van der Waals surface area (Å²) in [6, 6.07) is 8.84. The fourth-order valence-corrected chi connectivity index (χ4v) is 1.82. The molecule has 3 N–H and O–H groups in total. The molecule has 0 saturated carbocycles. The van der Waals surface area contributed by atoms with E-state index in [2.05, 4.69) is 22.5 Å². The number of benzene rings is 2. The Morgan fingerprint density at radius 3 is 2.17 bits per heavy atom. The zero-order valence-electron chi connectivity index (χ0n) is 12.6. The maximum Gasteiger partial charge on any atom is 0.319 e. The van der Waals surface area contributed by atoms with Gasteiger partial charge >= 0.3 is 6.03 Å². The third-order valence-corrected chi connectivity index (χ3v) is 2.99. The molecular weight excluding hydrogens is 316 g/mol. The van der Waals surface area contributed by atoms with Crippen LogP contribution in [0, 0.1) is 11.6 Å². The lowest BCUT2D eigenvalue weighted by molar-refractivity contribution is 0.102. The Kier molecular flexibility index (Phi) is 5.62. The first-order valence-electron chi connectivity index (χ1n) is 7.02. The molecule has 0 aliphatic carbocycles. The smallest absolute Gasteiger partial charge is 0.319 e. The van der Waals surface area contributed by atoms with Crippen molar-refractivity contribution in [1.82, 2.24) is 5.32 Å². The SMILES string of the molecule is C=CCNC(=O)Nc1ccc(NC(=O)c2ccc(F)c(F)c2)cc1. The molecule has 0 unspecified atom stereocenters. The van der Waals surface area contributed by atoms with Crippen molar-refractivity contribution in [2.75, 3.05) is 17.2 Å². The van der Waals surface area contributed by atoms with Crippen LogP contribution in [-0.4, -0.2) is 18.5 Å². The third-order valence-electron chi connectivity index (χ3n) is 2.99. The Bertz CT molecular complexity index is 761. The Morgan fingerprint density at radius 2 is 1.58 bits per heavy atom. The normalized spacial score (nSPS) is 9.92. The summed E-state index contributed by atoms with van der Waals surface area (Å²) in [4.78, 5) is 23.4. The minimum absolute atomic E-state index is 0.0000885. The second-order valence-corrected chi connectivity index (χ2v) is 4.78. The topological polar surface area (TPSA) is 70.2 Å². The zero-order valence-corrected chi connectivity index (χ0v) is 12.6. The van der Waals surface area contributed by atoms with E-state index in [1.54, 1.807) is 30.3 Å². The van der Waals surface area contributed by atoms with Crippen LogP contribution in [0.1, 0.15) is 10.4 Å². The number of rotatable bonds is 5. The number of carbonyl (C=O) groups excluding carboxylic acids is 2. The first kappa shape index (κ1) is 17.1. The highest BCUT2D eigenvalue weighted by atomic mass is 19.2. The zero-order chi connectivity index (χ0) is 17.5. The van der Waals surface area contributed by atoms with E-state index >= 15 is 0 Å². The molecule has 0 aromatic heterocycles. The molecule has 2 aromatic rings. The van der Waals surface area contributed by atoms with Crippen molar-refractivity contribution in [3.63, 3.8) is 0 Å². The molecule has 3 amide bonds. The van der Waals surface area contributed by atoms with Gasteiger partial charge in [0.15, 0.2) is 11.6 Å². The summed E-state index contributed by atoms with van der Waals surface area (Å²) in [6.45, 7) is 3.83. The van der Waals surface area contributed by atoms with Crippen molar-refractivity contribution < 1.29 is 18.4 Å². The molecule has 7 heteroatoms. The predicted octanol–water partition coefficient (Wildman–Crippen LogP) is 3.52. The maximum atomic E-state index is 13.1. The molecule has 0 atom stereocenters. The minimum Gasteiger partial charge on any atom is -0.334 e. The van der Waals surface area contributed by atoms with Gasteiger partial charge in [0, 0.05) is 23.5 Å². The number of anilines is 2. The Labute approximate surface area is 137 Å². The summed E-state index contributed by atoms with van der Waals surface area (Å²) >= 11 is 0. The van der Waals surface area contributed by atoms with E-state index in [0.29, 0.717) is 17.9 Å². The molecule has 5 nitrogen and oxygen atoms in total. The predicted molar refractivity (Wildman–Crippen MR) is 88.0 cm³/mol. The average Bonchev–Trinajstić information content (AvgIpc) is 2.57. The van der Waals surface area contributed by atoms with Crippen LogP contribution in [-0.2, 0) is 0 Å². The second kappa shape index (κ2) is 7.87. The van der Waals surface area contributed by atoms with E-state index in [1.165, 1.54) is 6.07 Å². The standard InChI is InChI=1S/C17H15F2N3O2/c1-2-9-20-17(24)22-13-6-4-12(5-7-13)21-16(23)11-3-8-14(18)15(19)10-11/h2-8,10H,1,9H2,(H,21,23)(H2,20,22,24). The molecule has 0 aliphatic rings. The van der Waals surface area contributed by atoms with Gasteiger partial charge in [-0.05, 0) is 42.5 Å². The van der Waals surface area contributed by atoms with Gasteiger partial charge in [0.1, 0.15) is 0 Å². The number of urea groups is 1. The first-order chi connectivity index (χ1) is 11.5. The van der Waals surface area contributed by atoms with Crippen LogP contribution >= 0.6 is 0 Å². The van der Waals surface area contributed by atoms with Crippen molar-refractivity contribution in [3.05, 3.63) is 72.3 Å². The average molecular weight is 331 g/mol. The van der Waals surface area contributed by atoms with Gasteiger partial charge in [0.25, 0.3) is 5.91 Å². The fraction of sp³-hybridized carbons (Fsp3) is 0.0588. The van der Waals surface area contributed by atoms with Crippen LogP contribution in [0.5, 0.6) is 0 Å². The highest BCUT2D eigenvalue weighted by molar-refractivity contribution is 6.04. The van der Waals surface area contributed by atoms with Crippen LogP contribution in [0.15, 0.2) is 55.1 Å². The molecule has 0 radical (unpaired) electrons. The lowest BCUT2D eigenvalue weighted by Crippen LogP contribution is -2.28. The fourth-order valence-electron chi connectivity index (χ4n) is 1.82. The van der Waals surface area contributed by atoms with Gasteiger partial charge in [-0.25, -0.2) is 13.6 Å². The van der Waals surface area contributed by atoms with Gasteiger partial charge in [-0.1, -0.05) is 6.08 Å². The molecule has 0 aliphatic heterocycles. The molecule has 24 heavy (non-hydrogen) atoms. The number of carbonyl (C=O) groups is 2. The van der Waals surface area contributed by atoms with E-state index in [-0.39, 0.29) is 11.6 Å². The number of hydrogen-bond donors (Lipinski definition) is 3. The first-order valence-corrected chi connectivity index (χ1v) is 7.02. The van der Waals surface area contributed by atoms with E-state index in [4.69, 9.17) is 0 Å². The lowest BCUT2D eigenvalue weighted by Gasteiger charge is -2.08. The van der Waals surface area contributed by atoms with Gasteiger partial charge in [0.2, 0.25) is 0 Å². The van der Waals surface area contributed by atoms with E-state index in [9.17, 15) is 18.4 Å². The van der Waals surface area contributed by atoms with Crippen LogP contribution in [0.4, 0.5) is 25.0 Å². The summed E-state index contributed by atoms with van der Waals surface area (Å²) in [7, 11) is 0. The maximum absolute atomic E-state index is 13.1. The highest BCUT2D eigenvalue weighted by Crippen LogP contribution is 2.15. The van der Waals surface area contributed by atoms with Gasteiger partial charge in [-0.3, -0.25) is 4.79 Å². The lowest BCUT2D eigenvalue weighted by atomic mass is 10.2. The Morgan fingerprint density at radius 1 is 0.958 bits per heavy atom. The number of hydrogen-bond acceptors (Lipinski definition) is 2. The molecular formula is C17H15F2N3O2. The number of halogens is 2. The largest absolute Gasteiger partial charge is 0.334 e. The summed E-state index contributed by atoms with van der Waals surface area (Å²) in [5.74, 6) is -2.68. The van der Waals surface area contributed by atoms with Crippen LogP contribution in [0.3, 0.4) is 0 Å². The van der Waals surface area contributed by atoms with Crippen molar-refractivity contribution in [2.24, 2.45) is 0 Å². The molecule has 124 valence electrons. The Hall–Kier alpha value is -3.22. The van der Waals surface area contributed by atoms with Gasteiger partial charge < -0.3 is 16.0 Å². The summed E-state index contributed by atoms with van der Waals surface area (Å²) in [5, 5.41) is 7.71. The number of amides is 3. The van der Waals surface area contributed by atoms with Crippen molar-refractivity contribution >= 4 is 23.3 Å². The van der Waals surface area contributed by atoms with Gasteiger partial charge in [-0.2, -0.15) is 0 Å². The minimum atomic E-state index is -1.09. The van der Waals surface area contributed by atoms with E-state index in [1.807, 2.05) is 0 Å². The van der Waals surface area contributed by atoms with Crippen LogP contribution < -0.4 is 16.0 Å². The summed E-state index contributed by atoms with van der Waals surface area (Å²) in [6.07, 6.45) is 1.55. The Balaban J connectivity index is 1.98. The molecule has 0 fully saturated rings. The molecule has 2 rings (SSSR count). The molecule has 0 bridgehead atoms. The third kappa shape index (κ3) is 4.64. The summed E-state index contributed by atoms with van der Waals surface area (Å²) < 4.78 is 26.0. The van der Waals surface area contributed by atoms with Crippen molar-refractivity contribution in [3.8, 4) is 0 Å². The summed E-state index contributed by atoms with van der Waals surface area (Å²) in [5.41, 5.74) is 0.976. The quantitative estimate of drug-likeness (QED) is 0.734. The van der Waals surface area contributed by atoms with Crippen molar-refractivity contribution in [2.45, 2.75) is 0 Å². The van der Waals surface area contributed by atoms with Gasteiger partial charge in [0.05, 0.1) is 0 Å². The van der Waals surface area contributed by atoms with Gasteiger partial charge in [-0.15, -0.1) is 6.58 Å². The number of nitrogens with one attached hydrogen (secondary N) is 3. The van der Waals surface area contributed by atoms with Crippen molar-refractivity contribution in [1.29, 1.82) is 0 Å². The molecule has 2 aromatic carbocycles. The highest BCUT2D eigenvalue weighted by Gasteiger charge is 2.10. The molecule has 0 spiro atoms. The van der Waals surface area contributed by atoms with E-state index < -0.39 is 17.5 Å². The molecule has 0 heterocycles.